The largest absolute Gasteiger partial charge is 0.456 e. The van der Waals surface area contributed by atoms with Gasteiger partial charge in [0.15, 0.2) is 0 Å². The molecule has 0 unspecified atom stereocenters. The van der Waals surface area contributed by atoms with Crippen molar-refractivity contribution in [1.29, 1.82) is 0 Å². The van der Waals surface area contributed by atoms with Crippen molar-refractivity contribution in [2.75, 3.05) is 0 Å². The van der Waals surface area contributed by atoms with Crippen molar-refractivity contribution in [1.82, 2.24) is 4.57 Å². The highest BCUT2D eigenvalue weighted by Crippen LogP contribution is 2.39. The summed E-state index contributed by atoms with van der Waals surface area (Å²) in [5.74, 6) is 0. The lowest BCUT2D eigenvalue weighted by atomic mass is 9.99. The third kappa shape index (κ3) is 2.41. The van der Waals surface area contributed by atoms with E-state index in [1.807, 2.05) is 0 Å². The third-order valence-electron chi connectivity index (χ3n) is 5.07. The van der Waals surface area contributed by atoms with Crippen molar-refractivity contribution in [3.8, 4) is 16.8 Å². The van der Waals surface area contributed by atoms with E-state index in [9.17, 15) is 1.37 Å². The number of fused-ring (bicyclic) bond motifs is 6. The molecule has 0 N–H and O–H groups in total. The Labute approximate surface area is 211 Å². The minimum Gasteiger partial charge on any atom is -0.456 e. The first-order valence-electron chi connectivity index (χ1n) is 18.8. The minimum absolute atomic E-state index is 0.356. The van der Waals surface area contributed by atoms with Crippen LogP contribution in [0.5, 0.6) is 0 Å². The van der Waals surface area contributed by atoms with Crippen molar-refractivity contribution < 1.29 is 30.5 Å². The molecular formula is C30H19NO. The predicted octanol–water partition coefficient (Wildman–Crippen LogP) is 8.35. The lowest BCUT2D eigenvalue weighted by molar-refractivity contribution is 0.669. The number of nitrogens with zero attached hydrogens (tertiary/aromatic N) is 1. The summed E-state index contributed by atoms with van der Waals surface area (Å²) in [6.07, 6.45) is 0. The summed E-state index contributed by atoms with van der Waals surface area (Å²) in [5.41, 5.74) is -3.64. The molecule has 0 saturated carbocycles. The van der Waals surface area contributed by atoms with Crippen LogP contribution in [0.25, 0.3) is 60.6 Å². The molecule has 7 rings (SSSR count). The molecule has 0 radical (unpaired) electrons. The van der Waals surface area contributed by atoms with Crippen molar-refractivity contribution in [2.45, 2.75) is 0 Å². The summed E-state index contributed by atoms with van der Waals surface area (Å²) in [5, 5.41) is -1.53. The quantitative estimate of drug-likeness (QED) is 0.270. The van der Waals surface area contributed by atoms with Crippen LogP contribution in [0.1, 0.15) is 26.0 Å². The molecule has 2 heteroatoms. The molecule has 32 heavy (non-hydrogen) atoms. The lowest BCUT2D eigenvalue weighted by Crippen LogP contribution is -1.93. The van der Waals surface area contributed by atoms with Crippen molar-refractivity contribution in [3.05, 3.63) is 115 Å². The number of hydrogen-bond acceptors (Lipinski definition) is 1. The average Bonchev–Trinajstić information content (AvgIpc) is 3.67. The maximum atomic E-state index is 9.49. The van der Waals surface area contributed by atoms with Gasteiger partial charge in [0.2, 0.25) is 0 Å². The fraction of sp³-hybridized carbons (Fsp3) is 0. The molecule has 2 nitrogen and oxygen atoms in total. The Kier molecular flexibility index (Phi) is 1.47. The molecule has 0 spiro atoms. The molecule has 0 aliphatic heterocycles. The van der Waals surface area contributed by atoms with Gasteiger partial charge in [-0.15, -0.1) is 0 Å². The smallest absolute Gasteiger partial charge is 0.136 e. The molecule has 0 bridgehead atoms. The Morgan fingerprint density at radius 2 is 1.25 bits per heavy atom. The molecular weight excluding hydrogens is 390 g/mol. The fourth-order valence-corrected chi connectivity index (χ4v) is 3.76. The van der Waals surface area contributed by atoms with E-state index in [-0.39, 0.29) is 16.2 Å². The summed E-state index contributed by atoms with van der Waals surface area (Å²) >= 11 is 0. The number of furan rings is 1. The highest BCUT2D eigenvalue weighted by Gasteiger charge is 2.16. The Morgan fingerprint density at radius 3 is 2.00 bits per heavy atom. The zero-order chi connectivity index (χ0) is 37.6. The van der Waals surface area contributed by atoms with Crippen molar-refractivity contribution >= 4 is 43.7 Å². The number of rotatable bonds is 2. The summed E-state index contributed by atoms with van der Waals surface area (Å²) in [6.45, 7) is 0. The first-order valence-corrected chi connectivity index (χ1v) is 9.33. The van der Waals surface area contributed by atoms with Crippen LogP contribution in [0.3, 0.4) is 0 Å². The summed E-state index contributed by atoms with van der Waals surface area (Å²) < 4.78 is 170. The van der Waals surface area contributed by atoms with E-state index < -0.39 is 159 Å². The van der Waals surface area contributed by atoms with Gasteiger partial charge in [-0.25, -0.2) is 0 Å². The molecule has 0 fully saturated rings. The Bertz CT molecular complexity index is 2690. The van der Waals surface area contributed by atoms with Gasteiger partial charge in [0.25, 0.3) is 0 Å². The van der Waals surface area contributed by atoms with Crippen molar-refractivity contribution in [2.24, 2.45) is 0 Å². The van der Waals surface area contributed by atoms with Gasteiger partial charge in [-0.2, -0.15) is 0 Å². The zero-order valence-electron chi connectivity index (χ0n) is 34.9. The second kappa shape index (κ2) is 6.60. The molecule has 150 valence electrons. The van der Waals surface area contributed by atoms with Crippen LogP contribution >= 0.6 is 0 Å². The normalized spacial score (nSPS) is 20.1. The monoisotopic (exact) mass is 428 g/mol. The number of para-hydroxylation sites is 2. The lowest BCUT2D eigenvalue weighted by Gasteiger charge is -2.08. The maximum absolute atomic E-state index is 9.49. The average molecular weight is 429 g/mol. The summed E-state index contributed by atoms with van der Waals surface area (Å²) in [6, 6.07) is -14.3. The van der Waals surface area contributed by atoms with Gasteiger partial charge in [0.05, 0.1) is 37.1 Å². The first kappa shape index (κ1) is 7.11. The van der Waals surface area contributed by atoms with Gasteiger partial charge in [-0.1, -0.05) is 78.6 Å². The van der Waals surface area contributed by atoms with Crippen LogP contribution in [-0.2, 0) is 0 Å². The molecule has 5 aromatic carbocycles. The maximum Gasteiger partial charge on any atom is 0.136 e. The molecule has 0 atom stereocenters. The van der Waals surface area contributed by atoms with Crippen LogP contribution in [0.2, 0.25) is 0 Å². The SMILES string of the molecule is [2H]c1c([2H])c([2H])c(-c2c([2H])c([2H])c([2H])c3oc4c([2H])c([2H])c(-n5c6c([2H])c([2H])c([2H])c([2H])c6c6c([2H])c([2H])c([2H])c([2H])c65)c([2H])c4c23)c([2H])c1[2H]. The summed E-state index contributed by atoms with van der Waals surface area (Å²) in [7, 11) is 0. The van der Waals surface area contributed by atoms with Crippen molar-refractivity contribution in [3.63, 3.8) is 0 Å². The number of benzene rings is 5. The highest BCUT2D eigenvalue weighted by molar-refractivity contribution is 6.14. The van der Waals surface area contributed by atoms with Crippen LogP contribution in [0.15, 0.2) is 119 Å². The van der Waals surface area contributed by atoms with E-state index in [0.717, 1.165) is 4.57 Å². The van der Waals surface area contributed by atoms with Gasteiger partial charge >= 0.3 is 0 Å². The molecule has 0 saturated heterocycles. The van der Waals surface area contributed by atoms with E-state index in [1.165, 1.54) is 0 Å². The second-order valence-corrected chi connectivity index (χ2v) is 6.77. The van der Waals surface area contributed by atoms with Crippen LogP contribution in [0.4, 0.5) is 0 Å². The van der Waals surface area contributed by atoms with Gasteiger partial charge in [-0.05, 0) is 47.4 Å². The van der Waals surface area contributed by atoms with E-state index >= 15 is 0 Å². The molecule has 7 aromatic rings. The standard InChI is InChI=1S/C30H19NO/c1-2-9-20(10-3-1)22-13-8-16-29-30(22)25-19-21(17-18-28(25)32-29)31-26-14-6-4-11-23(26)24-12-5-7-15-27(24)31/h1-19H/i1D,2D,3D,4D,5D,6D,7D,8D,9D,10D,11D,12D,13D,14D,15D,16D,17D,18D,19D. The van der Waals surface area contributed by atoms with E-state index in [2.05, 4.69) is 0 Å². The number of hydrogen-bond donors (Lipinski definition) is 0. The zero-order valence-corrected chi connectivity index (χ0v) is 15.9. The van der Waals surface area contributed by atoms with E-state index in [1.54, 1.807) is 0 Å². The Hall–Kier alpha value is -4.30. The molecule has 0 amide bonds. The Morgan fingerprint density at radius 1 is 0.562 bits per heavy atom. The summed E-state index contributed by atoms with van der Waals surface area (Å²) in [4.78, 5) is 0. The van der Waals surface area contributed by atoms with Crippen LogP contribution < -0.4 is 0 Å². The van der Waals surface area contributed by atoms with Gasteiger partial charge < -0.3 is 8.98 Å². The molecule has 2 aromatic heterocycles. The van der Waals surface area contributed by atoms with Crippen LogP contribution in [0, 0.1) is 0 Å². The minimum atomic E-state index is -0.807. The Balaban J connectivity index is 1.82. The molecule has 0 aliphatic rings. The predicted molar refractivity (Wildman–Crippen MR) is 133 cm³/mol. The fourth-order valence-electron chi connectivity index (χ4n) is 3.76. The van der Waals surface area contributed by atoms with Gasteiger partial charge in [0, 0.05) is 27.2 Å². The van der Waals surface area contributed by atoms with E-state index in [4.69, 9.17) is 29.1 Å². The topological polar surface area (TPSA) is 18.1 Å². The molecule has 0 aliphatic carbocycles. The highest BCUT2D eigenvalue weighted by atomic mass is 16.3. The van der Waals surface area contributed by atoms with Gasteiger partial charge in [-0.3, -0.25) is 0 Å². The molecule has 2 heterocycles. The van der Waals surface area contributed by atoms with Crippen LogP contribution in [-0.4, -0.2) is 4.57 Å². The third-order valence-corrected chi connectivity index (χ3v) is 5.07. The van der Waals surface area contributed by atoms with E-state index in [0.29, 0.717) is 0 Å². The number of aromatic nitrogens is 1. The van der Waals surface area contributed by atoms with Gasteiger partial charge in [0.1, 0.15) is 11.2 Å². The second-order valence-electron chi connectivity index (χ2n) is 6.77. The first-order chi connectivity index (χ1) is 23.8.